The van der Waals surface area contributed by atoms with Gasteiger partial charge in [0.25, 0.3) is 5.56 Å². The van der Waals surface area contributed by atoms with Crippen molar-refractivity contribution in [3.8, 4) is 11.3 Å². The first-order chi connectivity index (χ1) is 14.2. The summed E-state index contributed by atoms with van der Waals surface area (Å²) in [7, 11) is 0. The van der Waals surface area contributed by atoms with E-state index in [2.05, 4.69) is 29.9 Å². The minimum atomic E-state index is -0.0735. The molecule has 0 unspecified atom stereocenters. The molecule has 0 radical (unpaired) electrons. The molecule has 3 aromatic rings. The maximum atomic E-state index is 12.2. The first-order valence-corrected chi connectivity index (χ1v) is 9.88. The molecule has 0 saturated carbocycles. The fourth-order valence-electron chi connectivity index (χ4n) is 3.44. The number of hydrogen-bond donors (Lipinski definition) is 0. The standard InChI is InChI=1S/C21H25N7O/c1-17-23-13-18(14-24-17)16-27-9-7-26(8-10-27)11-12-28-21(29)5-4-20(25-28)19-3-2-6-22-15-19/h2-6,13-15H,7-12,16H2,1H3. The molecule has 29 heavy (non-hydrogen) atoms. The van der Waals surface area contributed by atoms with E-state index in [0.29, 0.717) is 6.54 Å². The zero-order valence-electron chi connectivity index (χ0n) is 16.6. The molecule has 8 heteroatoms. The molecule has 0 N–H and O–H groups in total. The van der Waals surface area contributed by atoms with Gasteiger partial charge < -0.3 is 0 Å². The van der Waals surface area contributed by atoms with Crippen LogP contribution in [-0.2, 0) is 13.1 Å². The van der Waals surface area contributed by atoms with Gasteiger partial charge in [-0.05, 0) is 25.1 Å². The van der Waals surface area contributed by atoms with Gasteiger partial charge in [0, 0.05) is 81.2 Å². The van der Waals surface area contributed by atoms with E-state index in [0.717, 1.165) is 61.9 Å². The second kappa shape index (κ2) is 9.02. The average molecular weight is 391 g/mol. The van der Waals surface area contributed by atoms with E-state index in [1.165, 1.54) is 0 Å². The number of aromatic nitrogens is 5. The molecular formula is C21H25N7O. The first-order valence-electron chi connectivity index (χ1n) is 9.88. The van der Waals surface area contributed by atoms with E-state index < -0.39 is 0 Å². The topological polar surface area (TPSA) is 80.0 Å². The molecule has 1 saturated heterocycles. The minimum Gasteiger partial charge on any atom is -0.299 e. The van der Waals surface area contributed by atoms with Crippen LogP contribution in [-0.4, -0.2) is 67.3 Å². The highest BCUT2D eigenvalue weighted by molar-refractivity contribution is 5.56. The van der Waals surface area contributed by atoms with Crippen molar-refractivity contribution in [2.75, 3.05) is 32.7 Å². The number of piperazine rings is 1. The van der Waals surface area contributed by atoms with Crippen molar-refractivity contribution >= 4 is 0 Å². The fourth-order valence-corrected chi connectivity index (χ4v) is 3.44. The first kappa shape index (κ1) is 19.4. The second-order valence-electron chi connectivity index (χ2n) is 7.28. The van der Waals surface area contributed by atoms with Gasteiger partial charge in [-0.25, -0.2) is 14.6 Å². The van der Waals surface area contributed by atoms with Crippen molar-refractivity contribution in [1.29, 1.82) is 0 Å². The third-order valence-electron chi connectivity index (χ3n) is 5.16. The largest absolute Gasteiger partial charge is 0.299 e. The van der Waals surface area contributed by atoms with E-state index in [9.17, 15) is 4.79 Å². The lowest BCUT2D eigenvalue weighted by Crippen LogP contribution is -2.47. The molecule has 0 spiro atoms. The minimum absolute atomic E-state index is 0.0735. The summed E-state index contributed by atoms with van der Waals surface area (Å²) in [6, 6.07) is 7.15. The molecule has 1 fully saturated rings. The third-order valence-corrected chi connectivity index (χ3v) is 5.16. The van der Waals surface area contributed by atoms with E-state index >= 15 is 0 Å². The monoisotopic (exact) mass is 391 g/mol. The predicted molar refractivity (Wildman–Crippen MR) is 110 cm³/mol. The van der Waals surface area contributed by atoms with Crippen LogP contribution in [0.25, 0.3) is 11.3 Å². The Hall–Kier alpha value is -2.97. The van der Waals surface area contributed by atoms with E-state index in [1.54, 1.807) is 29.2 Å². The summed E-state index contributed by atoms with van der Waals surface area (Å²) in [5, 5.41) is 4.52. The van der Waals surface area contributed by atoms with Gasteiger partial charge in [0.1, 0.15) is 5.82 Å². The Labute approximate surface area is 169 Å². The van der Waals surface area contributed by atoms with E-state index in [-0.39, 0.29) is 5.56 Å². The van der Waals surface area contributed by atoms with Crippen LogP contribution >= 0.6 is 0 Å². The lowest BCUT2D eigenvalue weighted by atomic mass is 10.2. The number of aryl methyl sites for hydroxylation is 1. The molecule has 150 valence electrons. The van der Waals surface area contributed by atoms with Crippen LogP contribution in [0.2, 0.25) is 0 Å². The molecule has 4 heterocycles. The highest BCUT2D eigenvalue weighted by Crippen LogP contribution is 2.13. The lowest BCUT2D eigenvalue weighted by Gasteiger charge is -2.34. The van der Waals surface area contributed by atoms with Crippen LogP contribution in [0.3, 0.4) is 0 Å². The zero-order chi connectivity index (χ0) is 20.1. The van der Waals surface area contributed by atoms with Gasteiger partial charge >= 0.3 is 0 Å². The molecule has 0 aliphatic carbocycles. The average Bonchev–Trinajstić information content (AvgIpc) is 2.76. The van der Waals surface area contributed by atoms with E-state index in [4.69, 9.17) is 0 Å². The Bertz CT molecular complexity index is 980. The number of pyridine rings is 1. The van der Waals surface area contributed by atoms with Crippen LogP contribution in [0, 0.1) is 6.92 Å². The van der Waals surface area contributed by atoms with Gasteiger partial charge in [-0.1, -0.05) is 0 Å². The highest BCUT2D eigenvalue weighted by atomic mass is 16.1. The zero-order valence-corrected chi connectivity index (χ0v) is 16.6. The quantitative estimate of drug-likeness (QED) is 0.625. The molecule has 0 aromatic carbocycles. The molecule has 1 aliphatic heterocycles. The van der Waals surface area contributed by atoms with Crippen molar-refractivity contribution in [2.24, 2.45) is 0 Å². The van der Waals surface area contributed by atoms with Gasteiger partial charge in [0.2, 0.25) is 0 Å². The van der Waals surface area contributed by atoms with Crippen LogP contribution in [0.5, 0.6) is 0 Å². The molecule has 4 rings (SSSR count). The Morgan fingerprint density at radius 3 is 2.41 bits per heavy atom. The summed E-state index contributed by atoms with van der Waals surface area (Å²) < 4.78 is 1.55. The second-order valence-corrected chi connectivity index (χ2v) is 7.28. The van der Waals surface area contributed by atoms with Gasteiger partial charge in [-0.15, -0.1) is 0 Å². The van der Waals surface area contributed by atoms with Crippen LogP contribution in [0.4, 0.5) is 0 Å². The van der Waals surface area contributed by atoms with Crippen molar-refractivity contribution < 1.29 is 0 Å². The Morgan fingerprint density at radius 2 is 1.69 bits per heavy atom. The molecule has 0 amide bonds. The Balaban J connectivity index is 1.30. The molecule has 0 atom stereocenters. The maximum Gasteiger partial charge on any atom is 0.266 e. The van der Waals surface area contributed by atoms with E-state index in [1.807, 2.05) is 31.5 Å². The van der Waals surface area contributed by atoms with Crippen LogP contribution < -0.4 is 5.56 Å². The molecule has 0 bridgehead atoms. The smallest absolute Gasteiger partial charge is 0.266 e. The number of nitrogens with zero attached hydrogens (tertiary/aromatic N) is 7. The normalized spacial score (nSPS) is 15.5. The summed E-state index contributed by atoms with van der Waals surface area (Å²) in [5.41, 5.74) is 2.75. The molecule has 8 nitrogen and oxygen atoms in total. The third kappa shape index (κ3) is 5.10. The summed E-state index contributed by atoms with van der Waals surface area (Å²) in [6.45, 7) is 8.10. The van der Waals surface area contributed by atoms with Crippen molar-refractivity contribution in [2.45, 2.75) is 20.0 Å². The Morgan fingerprint density at radius 1 is 0.931 bits per heavy atom. The van der Waals surface area contributed by atoms with Gasteiger partial charge in [-0.2, -0.15) is 5.10 Å². The van der Waals surface area contributed by atoms with Gasteiger partial charge in [0.05, 0.1) is 12.2 Å². The fraction of sp³-hybridized carbons (Fsp3) is 0.381. The maximum absolute atomic E-state index is 12.2. The predicted octanol–water partition coefficient (Wildman–Crippen LogP) is 1.22. The summed E-state index contributed by atoms with van der Waals surface area (Å²) in [4.78, 5) is 29.7. The summed E-state index contributed by atoms with van der Waals surface area (Å²) in [5.74, 6) is 0.801. The van der Waals surface area contributed by atoms with Crippen LogP contribution in [0.1, 0.15) is 11.4 Å². The van der Waals surface area contributed by atoms with Gasteiger partial charge in [0.15, 0.2) is 0 Å². The molecule has 3 aromatic heterocycles. The summed E-state index contributed by atoms with van der Waals surface area (Å²) in [6.07, 6.45) is 7.30. The molecule has 1 aliphatic rings. The Kier molecular flexibility index (Phi) is 6.02. The van der Waals surface area contributed by atoms with Crippen molar-refractivity contribution in [3.05, 3.63) is 70.8 Å². The number of rotatable bonds is 6. The number of hydrogen-bond acceptors (Lipinski definition) is 7. The van der Waals surface area contributed by atoms with Gasteiger partial charge in [-0.3, -0.25) is 19.6 Å². The molecular weight excluding hydrogens is 366 g/mol. The van der Waals surface area contributed by atoms with Crippen molar-refractivity contribution in [3.63, 3.8) is 0 Å². The highest BCUT2D eigenvalue weighted by Gasteiger charge is 2.17. The summed E-state index contributed by atoms with van der Waals surface area (Å²) >= 11 is 0. The lowest BCUT2D eigenvalue weighted by molar-refractivity contribution is 0.122. The van der Waals surface area contributed by atoms with Crippen LogP contribution in [0.15, 0.2) is 53.8 Å². The SMILES string of the molecule is Cc1ncc(CN2CCN(CCn3nc(-c4cccnc4)ccc3=O)CC2)cn1. The van der Waals surface area contributed by atoms with Crippen molar-refractivity contribution in [1.82, 2.24) is 34.5 Å².